The summed E-state index contributed by atoms with van der Waals surface area (Å²) < 4.78 is 10.7. The third-order valence-electron chi connectivity index (χ3n) is 11.3. The van der Waals surface area contributed by atoms with Gasteiger partial charge >= 0.3 is 0 Å². The number of nitriles is 1. The molecule has 4 heterocycles. The smallest absolute Gasteiger partial charge is 0.255 e. The lowest BCUT2D eigenvalue weighted by Gasteiger charge is -2.40. The summed E-state index contributed by atoms with van der Waals surface area (Å²) in [4.78, 5) is 36.4. The van der Waals surface area contributed by atoms with Gasteiger partial charge < -0.3 is 29.4 Å². The first kappa shape index (κ1) is 30.0. The molecule has 3 aromatic carbocycles. The predicted octanol–water partition coefficient (Wildman–Crippen LogP) is 5.28. The van der Waals surface area contributed by atoms with Crippen LogP contribution in [0.25, 0.3) is 33.5 Å². The van der Waals surface area contributed by atoms with Crippen molar-refractivity contribution >= 4 is 33.8 Å². The van der Waals surface area contributed by atoms with Gasteiger partial charge in [0.1, 0.15) is 11.3 Å². The molecule has 9 rings (SSSR count). The molecule has 0 radical (unpaired) electrons. The summed E-state index contributed by atoms with van der Waals surface area (Å²) >= 11 is 0. The highest BCUT2D eigenvalue weighted by atomic mass is 16.5. The number of methoxy groups -OCH3 is 1. The Morgan fingerprint density at radius 2 is 1.69 bits per heavy atom. The third-order valence-corrected chi connectivity index (χ3v) is 11.3. The van der Waals surface area contributed by atoms with Gasteiger partial charge in [0.15, 0.2) is 5.82 Å². The van der Waals surface area contributed by atoms with E-state index in [9.17, 15) is 14.9 Å². The standard InChI is InChI=1S/C39H39N7O3/c1-49-34-16-28(38(47)45-22-27-12-13-32(45)35(27)41)14-30-36(34)46(21-24-18-43(19-24)39(48)29-8-4-2-7-26(29)17-40)37(42-30)33-15-25-6-3-5-9-31(25)44(33)20-23-10-11-23/h2-9,14-16,23-24,27,32,35H,10-13,18-22,41H2,1H3/t27-,32-,35-/m1/s1. The lowest BCUT2D eigenvalue weighted by atomic mass is 9.97. The van der Waals surface area contributed by atoms with Crippen molar-refractivity contribution in [3.8, 4) is 23.3 Å². The number of amides is 2. The van der Waals surface area contributed by atoms with E-state index < -0.39 is 0 Å². The minimum absolute atomic E-state index is 0.0207. The second-order valence-corrected chi connectivity index (χ2v) is 14.4. The van der Waals surface area contributed by atoms with Crippen molar-refractivity contribution in [2.45, 2.75) is 50.9 Å². The average Bonchev–Trinajstić information content (AvgIpc) is 3.47. The fraction of sp³-hybridized carbons (Fsp3) is 0.385. The molecule has 2 N–H and O–H groups in total. The molecule has 4 aliphatic rings. The van der Waals surface area contributed by atoms with Gasteiger partial charge in [-0.1, -0.05) is 30.3 Å². The number of piperidine rings is 1. The normalized spacial score (nSPS) is 21.8. The number of hydrogen-bond acceptors (Lipinski definition) is 6. The number of nitrogens with zero attached hydrogens (tertiary/aromatic N) is 6. The minimum Gasteiger partial charge on any atom is -0.494 e. The summed E-state index contributed by atoms with van der Waals surface area (Å²) in [5.41, 5.74) is 11.6. The van der Waals surface area contributed by atoms with Crippen LogP contribution in [-0.4, -0.2) is 74.6 Å². The monoisotopic (exact) mass is 653 g/mol. The van der Waals surface area contributed by atoms with E-state index in [2.05, 4.69) is 45.5 Å². The number of benzene rings is 3. The van der Waals surface area contributed by atoms with Crippen LogP contribution < -0.4 is 10.5 Å². The van der Waals surface area contributed by atoms with E-state index in [4.69, 9.17) is 15.5 Å². The second-order valence-electron chi connectivity index (χ2n) is 14.4. The van der Waals surface area contributed by atoms with E-state index in [-0.39, 0.29) is 29.8 Å². The molecule has 0 spiro atoms. The zero-order chi connectivity index (χ0) is 33.4. The van der Waals surface area contributed by atoms with E-state index >= 15 is 0 Å². The molecule has 49 heavy (non-hydrogen) atoms. The second kappa shape index (κ2) is 11.5. The summed E-state index contributed by atoms with van der Waals surface area (Å²) in [6.07, 6.45) is 4.48. The maximum atomic E-state index is 14.0. The zero-order valence-corrected chi connectivity index (χ0v) is 27.6. The van der Waals surface area contributed by atoms with E-state index in [1.165, 1.54) is 18.4 Å². The first-order valence-electron chi connectivity index (χ1n) is 17.4. The third kappa shape index (κ3) is 4.90. The summed E-state index contributed by atoms with van der Waals surface area (Å²) in [6, 6.07) is 23.7. The van der Waals surface area contributed by atoms with Gasteiger partial charge in [0, 0.05) is 67.2 Å². The minimum atomic E-state index is -0.121. The van der Waals surface area contributed by atoms with Crippen molar-refractivity contribution < 1.29 is 14.3 Å². The topological polar surface area (TPSA) is 122 Å². The quantitative estimate of drug-likeness (QED) is 0.243. The molecule has 0 unspecified atom stereocenters. The van der Waals surface area contributed by atoms with Crippen LogP contribution in [0.3, 0.4) is 0 Å². The molecule has 2 amide bonds. The van der Waals surface area contributed by atoms with Crippen molar-refractivity contribution in [2.75, 3.05) is 26.7 Å². The SMILES string of the molecule is COc1cc(C(=O)N2C[C@H]3CC[C@@H]2[C@@H]3N)cc2nc(-c3cc4ccccc4n3CC3CC3)n(CC3CN(C(=O)c4ccccc4C#N)C3)c12. The van der Waals surface area contributed by atoms with Gasteiger partial charge in [-0.2, -0.15) is 5.26 Å². The number of nitrogens with two attached hydrogens (primary N) is 1. The van der Waals surface area contributed by atoms with Crippen molar-refractivity contribution in [1.82, 2.24) is 23.9 Å². The van der Waals surface area contributed by atoms with E-state index in [1.54, 1.807) is 31.4 Å². The first-order chi connectivity index (χ1) is 23.9. The van der Waals surface area contributed by atoms with Gasteiger partial charge in [-0.05, 0) is 73.9 Å². The summed E-state index contributed by atoms with van der Waals surface area (Å²) in [5, 5.41) is 10.7. The number of ether oxygens (including phenoxy) is 1. The fourth-order valence-corrected chi connectivity index (χ4v) is 8.53. The molecule has 2 saturated heterocycles. The highest BCUT2D eigenvalue weighted by Crippen LogP contribution is 2.41. The number of rotatable bonds is 8. The lowest BCUT2D eigenvalue weighted by molar-refractivity contribution is 0.0471. The molecular weight excluding hydrogens is 614 g/mol. The molecule has 10 heteroatoms. The Labute approximate surface area is 284 Å². The van der Waals surface area contributed by atoms with Crippen LogP contribution in [0.1, 0.15) is 52.0 Å². The van der Waals surface area contributed by atoms with Crippen LogP contribution in [0.15, 0.2) is 66.7 Å². The molecular formula is C39H39N7O3. The number of aromatic nitrogens is 3. The van der Waals surface area contributed by atoms with E-state index in [0.29, 0.717) is 66.0 Å². The number of likely N-dealkylation sites (tertiary alicyclic amines) is 2. The molecule has 2 aromatic heterocycles. The number of para-hydroxylation sites is 1. The molecule has 5 aromatic rings. The zero-order valence-electron chi connectivity index (χ0n) is 27.6. The van der Waals surface area contributed by atoms with Crippen LogP contribution in [0.2, 0.25) is 0 Å². The number of carbonyl (C=O) groups is 2. The summed E-state index contributed by atoms with van der Waals surface area (Å²) in [7, 11) is 1.65. The van der Waals surface area contributed by atoms with Crippen LogP contribution >= 0.6 is 0 Å². The Balaban J connectivity index is 1.12. The Morgan fingerprint density at radius 1 is 0.918 bits per heavy atom. The molecule has 2 aliphatic carbocycles. The Bertz CT molecular complexity index is 2180. The van der Waals surface area contributed by atoms with Crippen molar-refractivity contribution in [3.63, 3.8) is 0 Å². The van der Waals surface area contributed by atoms with Crippen molar-refractivity contribution in [2.24, 2.45) is 23.5 Å². The maximum Gasteiger partial charge on any atom is 0.255 e. The van der Waals surface area contributed by atoms with Gasteiger partial charge in [0.25, 0.3) is 11.8 Å². The van der Waals surface area contributed by atoms with Gasteiger partial charge in [0.2, 0.25) is 0 Å². The summed E-state index contributed by atoms with van der Waals surface area (Å²) in [5.74, 6) is 2.47. The molecule has 248 valence electrons. The fourth-order valence-electron chi connectivity index (χ4n) is 8.53. The van der Waals surface area contributed by atoms with Crippen molar-refractivity contribution in [3.05, 3.63) is 83.4 Å². The van der Waals surface area contributed by atoms with Gasteiger partial charge in [-0.15, -0.1) is 0 Å². The first-order valence-corrected chi connectivity index (χ1v) is 17.4. The predicted molar refractivity (Wildman–Crippen MR) is 186 cm³/mol. The highest BCUT2D eigenvalue weighted by molar-refractivity contribution is 6.01. The maximum absolute atomic E-state index is 14.0. The number of fused-ring (bicyclic) bond motifs is 4. The molecule has 2 saturated carbocycles. The largest absolute Gasteiger partial charge is 0.494 e. The number of hydrogen-bond donors (Lipinski definition) is 1. The van der Waals surface area contributed by atoms with Gasteiger partial charge in [0.05, 0.1) is 35.5 Å². The number of imidazole rings is 1. The van der Waals surface area contributed by atoms with E-state index in [1.807, 2.05) is 21.9 Å². The Hall–Kier alpha value is -5.14. The van der Waals surface area contributed by atoms with Gasteiger partial charge in [-0.25, -0.2) is 4.98 Å². The average molecular weight is 654 g/mol. The number of carbonyl (C=O) groups excluding carboxylic acids is 2. The summed E-state index contributed by atoms with van der Waals surface area (Å²) in [6.45, 7) is 3.38. The molecule has 3 atom stereocenters. The van der Waals surface area contributed by atoms with Crippen LogP contribution in [-0.2, 0) is 13.1 Å². The Kier molecular flexibility index (Phi) is 7.02. The van der Waals surface area contributed by atoms with E-state index in [0.717, 1.165) is 41.8 Å². The van der Waals surface area contributed by atoms with Crippen molar-refractivity contribution in [1.29, 1.82) is 5.26 Å². The van der Waals surface area contributed by atoms with Crippen LogP contribution in [0.4, 0.5) is 0 Å². The lowest BCUT2D eigenvalue weighted by Crippen LogP contribution is -2.51. The molecule has 2 bridgehead atoms. The van der Waals surface area contributed by atoms with Gasteiger partial charge in [-0.3, -0.25) is 9.59 Å². The van der Waals surface area contributed by atoms with Crippen LogP contribution in [0.5, 0.6) is 5.75 Å². The Morgan fingerprint density at radius 3 is 2.43 bits per heavy atom. The highest BCUT2D eigenvalue weighted by Gasteiger charge is 2.47. The molecule has 10 nitrogen and oxygen atoms in total. The molecule has 4 fully saturated rings. The van der Waals surface area contributed by atoms with Crippen LogP contribution in [0, 0.1) is 29.1 Å². The molecule has 2 aliphatic heterocycles.